The molecule has 1 aliphatic rings. The lowest BCUT2D eigenvalue weighted by molar-refractivity contribution is -0.129. The van der Waals surface area contributed by atoms with Crippen LogP contribution in [0.1, 0.15) is 53.4 Å². The molecule has 0 saturated carbocycles. The number of hydrogen-bond acceptors (Lipinski definition) is 2. The van der Waals surface area contributed by atoms with Crippen LogP contribution in [0.4, 0.5) is 0 Å². The third kappa shape index (κ3) is 2.52. The molecule has 1 heterocycles. The van der Waals surface area contributed by atoms with Crippen molar-refractivity contribution in [1.29, 1.82) is 5.26 Å². The summed E-state index contributed by atoms with van der Waals surface area (Å²) in [6, 6.07) is 2.37. The van der Waals surface area contributed by atoms with E-state index in [2.05, 4.69) is 33.8 Å². The fourth-order valence-corrected chi connectivity index (χ4v) is 2.62. The van der Waals surface area contributed by atoms with Gasteiger partial charge in [-0.05, 0) is 37.5 Å². The van der Waals surface area contributed by atoms with Crippen molar-refractivity contribution in [3.63, 3.8) is 0 Å². The van der Waals surface area contributed by atoms with Gasteiger partial charge >= 0.3 is 0 Å². The summed E-state index contributed by atoms with van der Waals surface area (Å²) in [5, 5.41) is 8.98. The van der Waals surface area contributed by atoms with E-state index in [1.807, 2.05) is 0 Å². The molecule has 1 saturated heterocycles. The van der Waals surface area contributed by atoms with Gasteiger partial charge in [0, 0.05) is 13.0 Å². The summed E-state index contributed by atoms with van der Waals surface area (Å²) in [4.78, 5) is 0. The topological polar surface area (TPSA) is 33.0 Å². The van der Waals surface area contributed by atoms with Crippen molar-refractivity contribution in [1.82, 2.24) is 0 Å². The Morgan fingerprint density at radius 1 is 1.47 bits per heavy atom. The number of rotatable bonds is 3. The first kappa shape index (κ1) is 12.5. The SMILES string of the molecule is CCC1(C)CC(CC#N)(C(C)C)CCO1. The molecule has 1 fully saturated rings. The first-order chi connectivity index (χ1) is 6.98. The largest absolute Gasteiger partial charge is 0.375 e. The number of hydrogen-bond donors (Lipinski definition) is 0. The van der Waals surface area contributed by atoms with Crippen molar-refractivity contribution in [3.05, 3.63) is 0 Å². The molecular weight excluding hydrogens is 186 g/mol. The predicted octanol–water partition coefficient (Wildman–Crippen LogP) is 3.52. The van der Waals surface area contributed by atoms with E-state index in [1.54, 1.807) is 0 Å². The van der Waals surface area contributed by atoms with Crippen LogP contribution in [-0.4, -0.2) is 12.2 Å². The molecule has 1 aliphatic heterocycles. The van der Waals surface area contributed by atoms with Gasteiger partial charge in [0.25, 0.3) is 0 Å². The first-order valence-corrected chi connectivity index (χ1v) is 5.99. The Balaban J connectivity index is 2.86. The molecule has 0 aromatic rings. The van der Waals surface area contributed by atoms with Gasteiger partial charge in [0.2, 0.25) is 0 Å². The Morgan fingerprint density at radius 3 is 2.60 bits per heavy atom. The summed E-state index contributed by atoms with van der Waals surface area (Å²) in [5.74, 6) is 0.562. The van der Waals surface area contributed by atoms with Crippen molar-refractivity contribution in [2.75, 3.05) is 6.61 Å². The smallest absolute Gasteiger partial charge is 0.0657 e. The highest BCUT2D eigenvalue weighted by molar-refractivity contribution is 4.98. The zero-order valence-corrected chi connectivity index (χ0v) is 10.5. The minimum absolute atomic E-state index is 0.0145. The molecule has 86 valence electrons. The third-order valence-electron chi connectivity index (χ3n) is 4.18. The van der Waals surface area contributed by atoms with Crippen molar-refractivity contribution in [3.8, 4) is 6.07 Å². The summed E-state index contributed by atoms with van der Waals surface area (Å²) < 4.78 is 5.86. The second-order valence-corrected chi connectivity index (χ2v) is 5.43. The molecule has 2 nitrogen and oxygen atoms in total. The molecular formula is C13H23NO. The maximum absolute atomic E-state index is 8.98. The van der Waals surface area contributed by atoms with Gasteiger partial charge in [0.15, 0.2) is 0 Å². The molecule has 2 atom stereocenters. The summed E-state index contributed by atoms with van der Waals surface area (Å²) in [6.45, 7) is 9.63. The van der Waals surface area contributed by atoms with Gasteiger partial charge in [-0.2, -0.15) is 5.26 Å². The second kappa shape index (κ2) is 4.53. The number of nitrogens with zero attached hydrogens (tertiary/aromatic N) is 1. The van der Waals surface area contributed by atoms with Crippen LogP contribution >= 0.6 is 0 Å². The quantitative estimate of drug-likeness (QED) is 0.712. The average molecular weight is 209 g/mol. The van der Waals surface area contributed by atoms with E-state index in [9.17, 15) is 0 Å². The molecule has 15 heavy (non-hydrogen) atoms. The molecule has 0 bridgehead atoms. The normalized spacial score (nSPS) is 36.5. The van der Waals surface area contributed by atoms with Gasteiger partial charge in [0.05, 0.1) is 11.7 Å². The van der Waals surface area contributed by atoms with Gasteiger partial charge < -0.3 is 4.74 Å². The lowest BCUT2D eigenvalue weighted by atomic mass is 9.64. The summed E-state index contributed by atoms with van der Waals surface area (Å²) in [5.41, 5.74) is 0.164. The van der Waals surface area contributed by atoms with Crippen LogP contribution in [-0.2, 0) is 4.74 Å². The summed E-state index contributed by atoms with van der Waals surface area (Å²) >= 11 is 0. The van der Waals surface area contributed by atoms with Gasteiger partial charge in [-0.3, -0.25) is 0 Å². The van der Waals surface area contributed by atoms with Crippen LogP contribution in [0.2, 0.25) is 0 Å². The fraction of sp³-hybridized carbons (Fsp3) is 0.923. The molecule has 0 aromatic heterocycles. The Morgan fingerprint density at radius 2 is 2.13 bits per heavy atom. The van der Waals surface area contributed by atoms with Crippen LogP contribution in [0.15, 0.2) is 0 Å². The maximum Gasteiger partial charge on any atom is 0.0657 e. The van der Waals surface area contributed by atoms with Crippen molar-refractivity contribution in [2.24, 2.45) is 11.3 Å². The molecule has 0 amide bonds. The standard InChI is InChI=1S/C13H23NO/c1-5-12(4)10-13(6-8-14,11(2)3)7-9-15-12/h11H,5-7,9-10H2,1-4H3. The van der Waals surface area contributed by atoms with Gasteiger partial charge in [0.1, 0.15) is 0 Å². The molecule has 0 N–H and O–H groups in total. The van der Waals surface area contributed by atoms with Gasteiger partial charge in [-0.15, -0.1) is 0 Å². The van der Waals surface area contributed by atoms with Crippen LogP contribution in [0, 0.1) is 22.7 Å². The minimum atomic E-state index is -0.0145. The molecule has 0 aromatic carbocycles. The first-order valence-electron chi connectivity index (χ1n) is 5.99. The van der Waals surface area contributed by atoms with Gasteiger partial charge in [-0.1, -0.05) is 20.8 Å². The Hall–Kier alpha value is -0.550. The fourth-order valence-electron chi connectivity index (χ4n) is 2.62. The number of ether oxygens (including phenoxy) is 1. The highest BCUT2D eigenvalue weighted by Crippen LogP contribution is 2.47. The van der Waals surface area contributed by atoms with Crippen molar-refractivity contribution in [2.45, 2.75) is 59.0 Å². The van der Waals surface area contributed by atoms with E-state index in [0.717, 1.165) is 25.9 Å². The van der Waals surface area contributed by atoms with E-state index < -0.39 is 0 Å². The lowest BCUT2D eigenvalue weighted by Crippen LogP contribution is -2.45. The Labute approximate surface area is 93.6 Å². The van der Waals surface area contributed by atoms with Crippen molar-refractivity contribution >= 4 is 0 Å². The molecule has 2 heteroatoms. The molecule has 2 unspecified atom stereocenters. The van der Waals surface area contributed by atoms with Crippen LogP contribution in [0.3, 0.4) is 0 Å². The average Bonchev–Trinajstić information content (AvgIpc) is 2.18. The van der Waals surface area contributed by atoms with E-state index in [0.29, 0.717) is 12.3 Å². The molecule has 0 radical (unpaired) electrons. The van der Waals surface area contributed by atoms with Crippen molar-refractivity contribution < 1.29 is 4.74 Å². The van der Waals surface area contributed by atoms with Gasteiger partial charge in [-0.25, -0.2) is 0 Å². The molecule has 1 rings (SSSR count). The van der Waals surface area contributed by atoms with E-state index in [-0.39, 0.29) is 11.0 Å². The van der Waals surface area contributed by atoms with Crippen LogP contribution in [0.5, 0.6) is 0 Å². The van der Waals surface area contributed by atoms with E-state index in [1.165, 1.54) is 0 Å². The Kier molecular flexibility index (Phi) is 3.78. The van der Waals surface area contributed by atoms with E-state index in [4.69, 9.17) is 10.00 Å². The van der Waals surface area contributed by atoms with E-state index >= 15 is 0 Å². The monoisotopic (exact) mass is 209 g/mol. The minimum Gasteiger partial charge on any atom is -0.375 e. The predicted molar refractivity (Wildman–Crippen MR) is 61.4 cm³/mol. The maximum atomic E-state index is 8.98. The molecule has 0 spiro atoms. The molecule has 0 aliphatic carbocycles. The highest BCUT2D eigenvalue weighted by atomic mass is 16.5. The number of nitriles is 1. The third-order valence-corrected chi connectivity index (χ3v) is 4.18. The van der Waals surface area contributed by atoms with Crippen LogP contribution in [0.25, 0.3) is 0 Å². The Bertz CT molecular complexity index is 256. The van der Waals surface area contributed by atoms with Crippen LogP contribution < -0.4 is 0 Å². The zero-order chi connectivity index (χ0) is 11.5. The summed E-state index contributed by atoms with van der Waals surface area (Å²) in [6.07, 6.45) is 3.77. The summed E-state index contributed by atoms with van der Waals surface area (Å²) in [7, 11) is 0. The zero-order valence-electron chi connectivity index (χ0n) is 10.5. The lowest BCUT2D eigenvalue weighted by Gasteiger charge is -2.47. The highest BCUT2D eigenvalue weighted by Gasteiger charge is 2.44. The second-order valence-electron chi connectivity index (χ2n) is 5.43.